The number of carboxylic acids is 1. The van der Waals surface area contributed by atoms with Gasteiger partial charge in [-0.3, -0.25) is 4.79 Å². The summed E-state index contributed by atoms with van der Waals surface area (Å²) in [6.45, 7) is 4.14. The zero-order valence-corrected chi connectivity index (χ0v) is 14.3. The number of amides is 1. The number of hydrogen-bond donors (Lipinski definition) is 2. The van der Waals surface area contributed by atoms with Crippen molar-refractivity contribution in [3.05, 3.63) is 35.4 Å². The molecule has 0 saturated heterocycles. The number of benzene rings is 1. The number of carbonyl (C=O) groups excluding carboxylic acids is 1. The zero-order valence-electron chi connectivity index (χ0n) is 14.3. The minimum absolute atomic E-state index is 0.0553. The van der Waals surface area contributed by atoms with Crippen molar-refractivity contribution >= 4 is 11.9 Å². The minimum atomic E-state index is -0.974. The van der Waals surface area contributed by atoms with Crippen LogP contribution in [0.1, 0.15) is 54.9 Å². The van der Waals surface area contributed by atoms with Crippen LogP contribution in [-0.4, -0.2) is 36.7 Å². The Kier molecular flexibility index (Phi) is 6.79. The maximum atomic E-state index is 12.2. The van der Waals surface area contributed by atoms with Crippen molar-refractivity contribution in [1.82, 2.24) is 5.32 Å². The Morgan fingerprint density at radius 3 is 2.71 bits per heavy atom. The zero-order chi connectivity index (χ0) is 17.4. The molecule has 1 fully saturated rings. The molecule has 0 atom stereocenters. The van der Waals surface area contributed by atoms with Crippen LogP contribution in [0.15, 0.2) is 24.3 Å². The molecule has 0 bridgehead atoms. The number of carbonyl (C=O) groups is 2. The highest BCUT2D eigenvalue weighted by molar-refractivity contribution is 5.88. The lowest BCUT2D eigenvalue weighted by atomic mass is 9.83. The summed E-state index contributed by atoms with van der Waals surface area (Å²) in [5.74, 6) is -1.03. The summed E-state index contributed by atoms with van der Waals surface area (Å²) in [6.07, 6.45) is 5.88. The van der Waals surface area contributed by atoms with Crippen molar-refractivity contribution in [1.29, 1.82) is 0 Å². The molecule has 132 valence electrons. The van der Waals surface area contributed by atoms with Gasteiger partial charge < -0.3 is 15.2 Å². The molecule has 5 nitrogen and oxygen atoms in total. The number of nitrogens with one attached hydrogen (secondary N) is 1. The van der Waals surface area contributed by atoms with Crippen molar-refractivity contribution < 1.29 is 19.4 Å². The van der Waals surface area contributed by atoms with Gasteiger partial charge in [-0.2, -0.15) is 0 Å². The number of aromatic carboxylic acids is 1. The number of hydrogen-bond acceptors (Lipinski definition) is 3. The van der Waals surface area contributed by atoms with Crippen molar-refractivity contribution in [2.75, 3.05) is 19.8 Å². The largest absolute Gasteiger partial charge is 0.478 e. The minimum Gasteiger partial charge on any atom is -0.478 e. The van der Waals surface area contributed by atoms with E-state index in [1.807, 2.05) is 6.92 Å². The second-order valence-corrected chi connectivity index (χ2v) is 6.61. The van der Waals surface area contributed by atoms with E-state index in [0.29, 0.717) is 6.54 Å². The average molecular weight is 333 g/mol. The van der Waals surface area contributed by atoms with Gasteiger partial charge in [0.25, 0.3) is 0 Å². The van der Waals surface area contributed by atoms with Crippen LogP contribution in [0.5, 0.6) is 0 Å². The standard InChI is InChI=1S/C19H27NO4/c1-2-24-11-10-19(8-3-4-9-19)14-20-17(21)13-15-6-5-7-16(12-15)18(22)23/h5-7,12H,2-4,8-11,13-14H2,1H3,(H,20,21)(H,22,23). The summed E-state index contributed by atoms with van der Waals surface area (Å²) in [5.41, 5.74) is 1.10. The Labute approximate surface area is 143 Å². The molecular weight excluding hydrogens is 306 g/mol. The van der Waals surface area contributed by atoms with Crippen molar-refractivity contribution in [3.8, 4) is 0 Å². The van der Waals surface area contributed by atoms with Gasteiger partial charge in [0.15, 0.2) is 0 Å². The highest BCUT2D eigenvalue weighted by atomic mass is 16.5. The summed E-state index contributed by atoms with van der Waals surface area (Å²) >= 11 is 0. The maximum Gasteiger partial charge on any atom is 0.335 e. The summed E-state index contributed by atoms with van der Waals surface area (Å²) in [7, 11) is 0. The molecule has 2 rings (SSSR count). The Morgan fingerprint density at radius 1 is 1.29 bits per heavy atom. The molecule has 0 spiro atoms. The molecule has 0 aromatic heterocycles. The first kappa shape index (κ1) is 18.5. The van der Waals surface area contributed by atoms with Crippen molar-refractivity contribution in [2.24, 2.45) is 5.41 Å². The Bertz CT molecular complexity index is 564. The Hall–Kier alpha value is -1.88. The third kappa shape index (κ3) is 5.34. The van der Waals surface area contributed by atoms with E-state index < -0.39 is 5.97 Å². The SMILES string of the molecule is CCOCCC1(CNC(=O)Cc2cccc(C(=O)O)c2)CCCC1. The molecular formula is C19H27NO4. The van der Waals surface area contributed by atoms with Gasteiger partial charge in [-0.05, 0) is 49.3 Å². The smallest absolute Gasteiger partial charge is 0.335 e. The van der Waals surface area contributed by atoms with E-state index in [0.717, 1.165) is 38.0 Å². The molecule has 1 aliphatic carbocycles. The molecule has 0 radical (unpaired) electrons. The topological polar surface area (TPSA) is 75.6 Å². The molecule has 0 aliphatic heterocycles. The van der Waals surface area contributed by atoms with Gasteiger partial charge in [0, 0.05) is 19.8 Å². The second kappa shape index (κ2) is 8.83. The normalized spacial score (nSPS) is 16.0. The fourth-order valence-electron chi connectivity index (χ4n) is 3.42. The molecule has 24 heavy (non-hydrogen) atoms. The van der Waals surface area contributed by atoms with Crippen LogP contribution in [-0.2, 0) is 16.0 Å². The molecule has 1 amide bonds. The maximum absolute atomic E-state index is 12.2. The van der Waals surface area contributed by atoms with Crippen LogP contribution in [0.4, 0.5) is 0 Å². The molecule has 5 heteroatoms. The van der Waals surface area contributed by atoms with E-state index in [1.54, 1.807) is 18.2 Å². The summed E-state index contributed by atoms with van der Waals surface area (Å²) in [6, 6.07) is 6.55. The number of carboxylic acid groups (broad SMARTS) is 1. The van der Waals surface area contributed by atoms with Crippen LogP contribution in [0, 0.1) is 5.41 Å². The Morgan fingerprint density at radius 2 is 2.04 bits per heavy atom. The molecule has 0 unspecified atom stereocenters. The predicted octanol–water partition coefficient (Wildman–Crippen LogP) is 3.03. The molecule has 1 aromatic carbocycles. The van der Waals surface area contributed by atoms with Crippen molar-refractivity contribution in [3.63, 3.8) is 0 Å². The van der Waals surface area contributed by atoms with Crippen LogP contribution in [0.25, 0.3) is 0 Å². The summed E-state index contributed by atoms with van der Waals surface area (Å²) in [4.78, 5) is 23.2. The average Bonchev–Trinajstić information content (AvgIpc) is 3.03. The van der Waals surface area contributed by atoms with E-state index >= 15 is 0 Å². The quantitative estimate of drug-likeness (QED) is 0.681. The third-order valence-electron chi connectivity index (χ3n) is 4.84. The summed E-state index contributed by atoms with van der Waals surface area (Å²) < 4.78 is 5.49. The van der Waals surface area contributed by atoms with Gasteiger partial charge in [-0.15, -0.1) is 0 Å². The summed E-state index contributed by atoms with van der Waals surface area (Å²) in [5, 5.41) is 12.1. The molecule has 2 N–H and O–H groups in total. The first-order valence-electron chi connectivity index (χ1n) is 8.71. The lowest BCUT2D eigenvalue weighted by molar-refractivity contribution is -0.121. The van der Waals surface area contributed by atoms with Crippen molar-refractivity contribution in [2.45, 2.75) is 45.4 Å². The fraction of sp³-hybridized carbons (Fsp3) is 0.579. The molecule has 1 saturated carbocycles. The van der Waals surface area contributed by atoms with Gasteiger partial charge in [0.05, 0.1) is 12.0 Å². The first-order valence-corrected chi connectivity index (χ1v) is 8.71. The highest BCUT2D eigenvalue weighted by Gasteiger charge is 2.33. The van der Waals surface area contributed by atoms with Crippen LogP contribution < -0.4 is 5.32 Å². The van der Waals surface area contributed by atoms with Gasteiger partial charge >= 0.3 is 5.97 Å². The highest BCUT2D eigenvalue weighted by Crippen LogP contribution is 2.40. The van der Waals surface area contributed by atoms with Crippen LogP contribution >= 0.6 is 0 Å². The number of rotatable bonds is 9. The second-order valence-electron chi connectivity index (χ2n) is 6.61. The predicted molar refractivity (Wildman–Crippen MR) is 92.1 cm³/mol. The van der Waals surface area contributed by atoms with E-state index in [1.165, 1.54) is 18.9 Å². The number of ether oxygens (including phenoxy) is 1. The molecule has 0 heterocycles. The molecule has 1 aromatic rings. The third-order valence-corrected chi connectivity index (χ3v) is 4.84. The Balaban J connectivity index is 1.87. The van der Waals surface area contributed by atoms with Gasteiger partial charge in [-0.1, -0.05) is 25.0 Å². The van der Waals surface area contributed by atoms with Gasteiger partial charge in [0.2, 0.25) is 5.91 Å². The lowest BCUT2D eigenvalue weighted by Crippen LogP contribution is -2.37. The van der Waals surface area contributed by atoms with Crippen LogP contribution in [0.3, 0.4) is 0 Å². The van der Waals surface area contributed by atoms with E-state index in [-0.39, 0.29) is 23.3 Å². The van der Waals surface area contributed by atoms with E-state index in [9.17, 15) is 9.59 Å². The fourth-order valence-corrected chi connectivity index (χ4v) is 3.42. The van der Waals surface area contributed by atoms with E-state index in [4.69, 9.17) is 9.84 Å². The van der Waals surface area contributed by atoms with E-state index in [2.05, 4.69) is 5.32 Å². The van der Waals surface area contributed by atoms with Crippen LogP contribution in [0.2, 0.25) is 0 Å². The lowest BCUT2D eigenvalue weighted by Gasteiger charge is -2.29. The molecule has 1 aliphatic rings. The monoisotopic (exact) mass is 333 g/mol. The van der Waals surface area contributed by atoms with Gasteiger partial charge in [0.1, 0.15) is 0 Å². The van der Waals surface area contributed by atoms with Gasteiger partial charge in [-0.25, -0.2) is 4.79 Å². The first-order chi connectivity index (χ1) is 11.5.